The lowest BCUT2D eigenvalue weighted by Gasteiger charge is -2.23. The fourth-order valence-corrected chi connectivity index (χ4v) is 3.07. The number of hydrogen-bond donors (Lipinski definition) is 1. The lowest BCUT2D eigenvalue weighted by Crippen LogP contribution is -2.36. The predicted octanol–water partition coefficient (Wildman–Crippen LogP) is 0.972. The number of carboxylic acids is 1. The molecule has 116 valence electrons. The van der Waals surface area contributed by atoms with Gasteiger partial charge in [0, 0.05) is 30.4 Å². The zero-order chi connectivity index (χ0) is 15.6. The molecule has 0 aromatic carbocycles. The van der Waals surface area contributed by atoms with Gasteiger partial charge in [0.1, 0.15) is 0 Å². The van der Waals surface area contributed by atoms with Gasteiger partial charge in [-0.15, -0.1) is 0 Å². The molecule has 0 saturated carbocycles. The van der Waals surface area contributed by atoms with Crippen molar-refractivity contribution in [3.8, 4) is 0 Å². The zero-order valence-corrected chi connectivity index (χ0v) is 12.9. The van der Waals surface area contributed by atoms with Crippen molar-refractivity contribution < 1.29 is 9.90 Å². The summed E-state index contributed by atoms with van der Waals surface area (Å²) >= 11 is 0. The Balaban J connectivity index is 2.29. The van der Waals surface area contributed by atoms with Gasteiger partial charge in [0.05, 0.1) is 0 Å². The number of aromatic nitrogens is 2. The van der Waals surface area contributed by atoms with Crippen molar-refractivity contribution in [2.45, 2.75) is 52.1 Å². The molecule has 1 saturated heterocycles. The monoisotopic (exact) mass is 293 g/mol. The van der Waals surface area contributed by atoms with Crippen LogP contribution in [0.4, 0.5) is 0 Å². The highest BCUT2D eigenvalue weighted by Crippen LogP contribution is 2.18. The van der Waals surface area contributed by atoms with Gasteiger partial charge in [-0.25, -0.2) is 4.79 Å². The number of carboxylic acid groups (broad SMARTS) is 1. The van der Waals surface area contributed by atoms with E-state index in [0.29, 0.717) is 24.7 Å². The minimum absolute atomic E-state index is 0.0604. The second-order valence-corrected chi connectivity index (χ2v) is 5.82. The Morgan fingerprint density at radius 3 is 2.71 bits per heavy atom. The van der Waals surface area contributed by atoms with Crippen LogP contribution in [0.3, 0.4) is 0 Å². The summed E-state index contributed by atoms with van der Waals surface area (Å²) in [6.07, 6.45) is 2.71. The summed E-state index contributed by atoms with van der Waals surface area (Å²) < 4.78 is 1.71. The van der Waals surface area contributed by atoms with Gasteiger partial charge in [-0.3, -0.25) is 9.36 Å². The van der Waals surface area contributed by atoms with Crippen molar-refractivity contribution in [1.82, 2.24) is 14.5 Å². The van der Waals surface area contributed by atoms with E-state index >= 15 is 0 Å². The van der Waals surface area contributed by atoms with Crippen molar-refractivity contribution >= 4 is 5.97 Å². The van der Waals surface area contributed by atoms with Gasteiger partial charge >= 0.3 is 11.7 Å². The van der Waals surface area contributed by atoms with Gasteiger partial charge in [-0.05, 0) is 52.3 Å². The number of nitrogens with zero attached hydrogens (tertiary/aromatic N) is 3. The molecule has 1 atom stereocenters. The number of likely N-dealkylation sites (tertiary alicyclic amines) is 1. The highest BCUT2D eigenvalue weighted by molar-refractivity contribution is 5.67. The summed E-state index contributed by atoms with van der Waals surface area (Å²) in [5, 5.41) is 8.85. The molecule has 1 N–H and O–H groups in total. The van der Waals surface area contributed by atoms with Crippen molar-refractivity contribution in [2.24, 2.45) is 0 Å². The first kappa shape index (κ1) is 15.7. The first-order valence-corrected chi connectivity index (χ1v) is 7.39. The second kappa shape index (κ2) is 6.39. The van der Waals surface area contributed by atoms with Crippen molar-refractivity contribution in [3.05, 3.63) is 27.4 Å². The van der Waals surface area contributed by atoms with Gasteiger partial charge in [-0.2, -0.15) is 4.98 Å². The normalized spacial score (nSPS) is 19.1. The SMILES string of the molecule is Cc1nc(=O)n(CC2CCCN2C)c(C)c1CCC(=O)O. The molecule has 1 aliphatic rings. The number of carbonyl (C=O) groups is 1. The molecular weight excluding hydrogens is 270 g/mol. The summed E-state index contributed by atoms with van der Waals surface area (Å²) in [5.41, 5.74) is 2.16. The van der Waals surface area contributed by atoms with Gasteiger partial charge in [-0.1, -0.05) is 0 Å². The van der Waals surface area contributed by atoms with Crippen molar-refractivity contribution in [3.63, 3.8) is 0 Å². The summed E-state index contributed by atoms with van der Waals surface area (Å²) in [6, 6.07) is 0.359. The molecule has 1 aromatic rings. The highest BCUT2D eigenvalue weighted by atomic mass is 16.4. The molecule has 2 rings (SSSR count). The molecule has 6 heteroatoms. The van der Waals surface area contributed by atoms with Crippen LogP contribution in [0.2, 0.25) is 0 Å². The summed E-state index contributed by atoms with van der Waals surface area (Å²) in [7, 11) is 2.07. The predicted molar refractivity (Wildman–Crippen MR) is 79.6 cm³/mol. The molecule has 0 radical (unpaired) electrons. The average Bonchev–Trinajstić information content (AvgIpc) is 2.79. The molecule has 1 unspecified atom stereocenters. The minimum Gasteiger partial charge on any atom is -0.481 e. The fraction of sp³-hybridized carbons (Fsp3) is 0.667. The smallest absolute Gasteiger partial charge is 0.348 e. The van der Waals surface area contributed by atoms with Crippen LogP contribution in [0.1, 0.15) is 36.2 Å². The van der Waals surface area contributed by atoms with Crippen LogP contribution in [0.5, 0.6) is 0 Å². The maximum atomic E-state index is 12.2. The largest absolute Gasteiger partial charge is 0.481 e. The van der Waals surface area contributed by atoms with E-state index in [1.807, 2.05) is 6.92 Å². The molecule has 0 amide bonds. The van der Waals surface area contributed by atoms with Gasteiger partial charge in [0.25, 0.3) is 0 Å². The maximum Gasteiger partial charge on any atom is 0.348 e. The number of likely N-dealkylation sites (N-methyl/N-ethyl adjacent to an activating group) is 1. The van der Waals surface area contributed by atoms with Crippen LogP contribution in [-0.2, 0) is 17.8 Å². The van der Waals surface area contributed by atoms with E-state index in [2.05, 4.69) is 16.9 Å². The van der Waals surface area contributed by atoms with Crippen LogP contribution >= 0.6 is 0 Å². The first-order chi connectivity index (χ1) is 9.90. The summed E-state index contributed by atoms with van der Waals surface area (Å²) in [6.45, 7) is 5.36. The third-order valence-corrected chi connectivity index (χ3v) is 4.43. The molecule has 0 spiro atoms. The number of aliphatic carboxylic acids is 1. The third-order valence-electron chi connectivity index (χ3n) is 4.43. The second-order valence-electron chi connectivity index (χ2n) is 5.82. The van der Waals surface area contributed by atoms with Crippen LogP contribution < -0.4 is 5.69 Å². The maximum absolute atomic E-state index is 12.2. The molecule has 0 bridgehead atoms. The minimum atomic E-state index is -0.831. The Morgan fingerprint density at radius 2 is 2.14 bits per heavy atom. The van der Waals surface area contributed by atoms with Crippen molar-refractivity contribution in [1.29, 1.82) is 0 Å². The molecule has 6 nitrogen and oxygen atoms in total. The summed E-state index contributed by atoms with van der Waals surface area (Å²) in [5.74, 6) is -0.831. The van der Waals surface area contributed by atoms with E-state index < -0.39 is 5.97 Å². The molecule has 1 fully saturated rings. The molecule has 0 aliphatic carbocycles. The number of aryl methyl sites for hydroxylation is 1. The Bertz CT molecular complexity index is 595. The Morgan fingerprint density at radius 1 is 1.43 bits per heavy atom. The van der Waals surface area contributed by atoms with E-state index in [4.69, 9.17) is 5.11 Å². The quantitative estimate of drug-likeness (QED) is 0.875. The molecular formula is C15H23N3O3. The van der Waals surface area contributed by atoms with Gasteiger partial charge in [0.2, 0.25) is 0 Å². The first-order valence-electron chi connectivity index (χ1n) is 7.39. The van der Waals surface area contributed by atoms with E-state index in [0.717, 1.165) is 30.6 Å². The number of hydrogen-bond acceptors (Lipinski definition) is 4. The third kappa shape index (κ3) is 3.50. The molecule has 2 heterocycles. The molecule has 1 aliphatic heterocycles. The van der Waals surface area contributed by atoms with Gasteiger partial charge < -0.3 is 10.0 Å². The standard InChI is InChI=1S/C15H23N3O3/c1-10-13(6-7-14(19)20)11(2)18(15(21)16-10)9-12-5-4-8-17(12)3/h12H,4-9H2,1-3H3,(H,19,20). The van der Waals surface area contributed by atoms with Crippen LogP contribution in [0, 0.1) is 13.8 Å². The number of rotatable bonds is 5. The van der Waals surface area contributed by atoms with Crippen LogP contribution in [0.15, 0.2) is 4.79 Å². The van der Waals surface area contributed by atoms with Crippen molar-refractivity contribution in [2.75, 3.05) is 13.6 Å². The molecule has 1 aromatic heterocycles. The highest BCUT2D eigenvalue weighted by Gasteiger charge is 2.23. The fourth-order valence-electron chi connectivity index (χ4n) is 3.07. The van der Waals surface area contributed by atoms with E-state index in [-0.39, 0.29) is 12.1 Å². The molecule has 21 heavy (non-hydrogen) atoms. The Kier molecular flexibility index (Phi) is 4.77. The van der Waals surface area contributed by atoms with Crippen LogP contribution in [-0.4, -0.2) is 45.2 Å². The van der Waals surface area contributed by atoms with E-state index in [1.165, 1.54) is 0 Å². The zero-order valence-electron chi connectivity index (χ0n) is 12.9. The Labute approximate surface area is 124 Å². The summed E-state index contributed by atoms with van der Waals surface area (Å²) in [4.78, 5) is 29.3. The van der Waals surface area contributed by atoms with Crippen LogP contribution in [0.25, 0.3) is 0 Å². The lowest BCUT2D eigenvalue weighted by molar-refractivity contribution is -0.136. The lowest BCUT2D eigenvalue weighted by atomic mass is 10.1. The topological polar surface area (TPSA) is 75.4 Å². The van der Waals surface area contributed by atoms with E-state index in [1.54, 1.807) is 11.5 Å². The average molecular weight is 293 g/mol. The van der Waals surface area contributed by atoms with Gasteiger partial charge in [0.15, 0.2) is 0 Å². The Hall–Kier alpha value is -1.69. The van der Waals surface area contributed by atoms with E-state index in [9.17, 15) is 9.59 Å².